The van der Waals surface area contributed by atoms with Crippen LogP contribution in [0.2, 0.25) is 0 Å². The number of aliphatic hydroxyl groups is 1. The first-order chi connectivity index (χ1) is 23.3. The fourth-order valence-corrected chi connectivity index (χ4v) is 6.22. The van der Waals surface area contributed by atoms with E-state index in [4.69, 9.17) is 9.10 Å². The van der Waals surface area contributed by atoms with Crippen molar-refractivity contribution in [2.24, 2.45) is 11.8 Å². The molecule has 0 saturated carbocycles. The standard InChI is InChI=1S/C29H26N.C14H26O2.Ir/c1-18(2)21-15-22(19(3)4)17-23(16-21)29-28-12-11-25-24-8-6-5-7-20(24)9-10-26(25)27(28)13-14-30-29;1-6-11(7-2)13(15)10(5)14(16)12(8-3)9-4;/h5-16,18-19H,1-4H3;11-12,15H,6-9H2,1-5H3;/q-1;;/b;13-10-;/i;5D3;. The minimum Gasteiger partial charge on any atom is -0.512 e. The summed E-state index contributed by atoms with van der Waals surface area (Å²) < 4.78 is 22.6. The molecule has 4 aromatic carbocycles. The Labute approximate surface area is 300 Å². The van der Waals surface area contributed by atoms with Gasteiger partial charge in [-0.1, -0.05) is 104 Å². The van der Waals surface area contributed by atoms with Gasteiger partial charge >= 0.3 is 0 Å². The molecule has 1 aromatic heterocycles. The van der Waals surface area contributed by atoms with E-state index in [1.807, 2.05) is 33.9 Å². The van der Waals surface area contributed by atoms with Gasteiger partial charge in [0.1, 0.15) is 5.76 Å². The van der Waals surface area contributed by atoms with E-state index in [-0.39, 0.29) is 43.3 Å². The number of hydrogen-bond donors (Lipinski definition) is 1. The van der Waals surface area contributed by atoms with Gasteiger partial charge in [0.2, 0.25) is 0 Å². The van der Waals surface area contributed by atoms with Gasteiger partial charge in [-0.2, -0.15) is 0 Å². The number of aliphatic hydroxyl groups excluding tert-OH is 1. The molecule has 3 nitrogen and oxygen atoms in total. The number of allylic oxidation sites excluding steroid dienone is 2. The van der Waals surface area contributed by atoms with Crippen molar-refractivity contribution < 1.29 is 34.1 Å². The molecule has 1 heterocycles. The Morgan fingerprint density at radius 3 is 1.98 bits per heavy atom. The molecule has 1 radical (unpaired) electrons. The van der Waals surface area contributed by atoms with Gasteiger partial charge < -0.3 is 10.1 Å². The summed E-state index contributed by atoms with van der Waals surface area (Å²) in [5.74, 6) is -0.334. The minimum absolute atomic E-state index is 0. The first-order valence-electron chi connectivity index (χ1n) is 18.5. The van der Waals surface area contributed by atoms with Gasteiger partial charge in [0.15, 0.2) is 5.78 Å². The van der Waals surface area contributed by atoms with Crippen LogP contribution in [0, 0.1) is 17.9 Å². The van der Waals surface area contributed by atoms with Crippen LogP contribution >= 0.6 is 0 Å². The molecule has 0 saturated heterocycles. The smallest absolute Gasteiger partial charge is 0.164 e. The maximum atomic E-state index is 12.4. The minimum atomic E-state index is -2.55. The van der Waals surface area contributed by atoms with Crippen LogP contribution in [-0.4, -0.2) is 15.9 Å². The van der Waals surface area contributed by atoms with E-state index in [0.717, 1.165) is 11.3 Å². The average Bonchev–Trinajstić information content (AvgIpc) is 3.08. The predicted molar refractivity (Wildman–Crippen MR) is 198 cm³/mol. The van der Waals surface area contributed by atoms with Crippen LogP contribution in [-0.2, 0) is 24.9 Å². The van der Waals surface area contributed by atoms with Gasteiger partial charge in [-0.05, 0) is 88.4 Å². The van der Waals surface area contributed by atoms with Crippen LogP contribution in [0.25, 0.3) is 43.6 Å². The van der Waals surface area contributed by atoms with Gasteiger partial charge in [-0.15, -0.1) is 34.9 Å². The molecule has 5 aromatic rings. The van der Waals surface area contributed by atoms with Gasteiger partial charge in [-0.25, -0.2) is 0 Å². The third-order valence-corrected chi connectivity index (χ3v) is 9.35. The van der Waals surface area contributed by atoms with Crippen LogP contribution < -0.4 is 0 Å². The van der Waals surface area contributed by atoms with E-state index in [9.17, 15) is 9.90 Å². The summed E-state index contributed by atoms with van der Waals surface area (Å²) in [6.45, 7) is 13.9. The summed E-state index contributed by atoms with van der Waals surface area (Å²) in [6.07, 6.45) is 4.36. The first-order valence-corrected chi connectivity index (χ1v) is 17.0. The number of pyridine rings is 1. The van der Waals surface area contributed by atoms with Gasteiger partial charge in [0.05, 0.1) is 0 Å². The molecule has 0 spiro atoms. The Balaban J connectivity index is 0.000000296. The van der Waals surface area contributed by atoms with Crippen molar-refractivity contribution in [3.05, 3.63) is 101 Å². The summed E-state index contributed by atoms with van der Waals surface area (Å²) in [5, 5.41) is 17.8. The van der Waals surface area contributed by atoms with E-state index in [2.05, 4.69) is 100 Å². The fourth-order valence-electron chi connectivity index (χ4n) is 6.22. The molecular formula is C43H52IrNO2-. The Kier molecular flexibility index (Phi) is 12.3. The number of carbonyl (C=O) groups is 1. The first kappa shape index (κ1) is 33.6. The van der Waals surface area contributed by atoms with Crippen molar-refractivity contribution in [1.82, 2.24) is 4.98 Å². The molecule has 47 heavy (non-hydrogen) atoms. The van der Waals surface area contributed by atoms with E-state index in [1.165, 1.54) is 43.4 Å². The summed E-state index contributed by atoms with van der Waals surface area (Å²) >= 11 is 0. The van der Waals surface area contributed by atoms with Crippen LogP contribution in [0.4, 0.5) is 0 Å². The zero-order chi connectivity index (χ0) is 36.0. The van der Waals surface area contributed by atoms with Crippen molar-refractivity contribution in [2.45, 2.75) is 99.8 Å². The third kappa shape index (κ3) is 8.40. The normalized spacial score (nSPS) is 13.3. The number of nitrogens with zero attached hydrogens (tertiary/aromatic N) is 1. The molecule has 0 atom stereocenters. The Bertz CT molecular complexity index is 1930. The molecule has 0 bridgehead atoms. The van der Waals surface area contributed by atoms with Crippen LogP contribution in [0.5, 0.6) is 0 Å². The molecule has 0 unspecified atom stereocenters. The van der Waals surface area contributed by atoms with Crippen molar-refractivity contribution in [1.29, 1.82) is 0 Å². The van der Waals surface area contributed by atoms with Crippen LogP contribution in [0.1, 0.15) is 115 Å². The second kappa shape index (κ2) is 17.2. The topological polar surface area (TPSA) is 50.2 Å². The molecule has 0 fully saturated rings. The molecule has 0 aliphatic heterocycles. The number of hydrogen-bond acceptors (Lipinski definition) is 3. The maximum absolute atomic E-state index is 12.4. The average molecular weight is 810 g/mol. The quantitative estimate of drug-likeness (QED) is 0.0662. The van der Waals surface area contributed by atoms with Gasteiger partial charge in [-0.3, -0.25) is 4.79 Å². The van der Waals surface area contributed by atoms with E-state index in [0.29, 0.717) is 37.5 Å². The van der Waals surface area contributed by atoms with Crippen LogP contribution in [0.15, 0.2) is 84.3 Å². The monoisotopic (exact) mass is 810 g/mol. The number of Topliss-reactive ketones (excluding diaryl/α,β-unsaturated/α-hetero) is 1. The Hall–Kier alpha value is -3.33. The fraction of sp³-hybridized carbons (Fsp3) is 0.395. The summed E-state index contributed by atoms with van der Waals surface area (Å²) in [5.41, 5.74) is 4.36. The number of ketones is 1. The van der Waals surface area contributed by atoms with Crippen molar-refractivity contribution in [2.75, 3.05) is 0 Å². The number of fused-ring (bicyclic) bond motifs is 5. The van der Waals surface area contributed by atoms with Gasteiger partial charge in [0.25, 0.3) is 0 Å². The van der Waals surface area contributed by atoms with Crippen molar-refractivity contribution >= 4 is 38.1 Å². The second-order valence-corrected chi connectivity index (χ2v) is 12.9. The molecule has 1 N–H and O–H groups in total. The van der Waals surface area contributed by atoms with Crippen molar-refractivity contribution in [3.8, 4) is 11.3 Å². The number of benzene rings is 4. The Morgan fingerprint density at radius 2 is 1.36 bits per heavy atom. The van der Waals surface area contributed by atoms with E-state index >= 15 is 0 Å². The molecule has 0 aliphatic rings. The number of carbonyl (C=O) groups excluding carboxylic acids is 1. The molecular weight excluding hydrogens is 755 g/mol. The summed E-state index contributed by atoms with van der Waals surface area (Å²) in [7, 11) is 0. The van der Waals surface area contributed by atoms with Gasteiger partial charge in [0, 0.05) is 47.8 Å². The third-order valence-electron chi connectivity index (χ3n) is 9.35. The van der Waals surface area contributed by atoms with Crippen molar-refractivity contribution in [3.63, 3.8) is 0 Å². The SMILES string of the molecule is CC(C)c1[c-]c(-c2nccc3c2ccc2c4ccccc4ccc32)cc(C(C)C)c1.[2H]C([2H])([2H])/C(C(=O)C(CC)CC)=C(/O)C(CC)CC.[Ir]. The zero-order valence-electron chi connectivity index (χ0n) is 32.2. The van der Waals surface area contributed by atoms with E-state index in [1.54, 1.807) is 0 Å². The number of rotatable bonds is 10. The van der Waals surface area contributed by atoms with E-state index < -0.39 is 12.6 Å². The van der Waals surface area contributed by atoms with Crippen LogP contribution in [0.3, 0.4) is 0 Å². The molecule has 251 valence electrons. The molecule has 0 aliphatic carbocycles. The molecule has 5 rings (SSSR count). The maximum Gasteiger partial charge on any atom is 0.164 e. The molecule has 4 heteroatoms. The Morgan fingerprint density at radius 1 is 0.766 bits per heavy atom. The zero-order valence-corrected chi connectivity index (χ0v) is 31.6. The molecule has 0 amide bonds. The number of aromatic nitrogens is 1. The second-order valence-electron chi connectivity index (χ2n) is 12.9. The summed E-state index contributed by atoms with van der Waals surface area (Å²) in [4.78, 5) is 17.2. The predicted octanol–water partition coefficient (Wildman–Crippen LogP) is 12.5. The summed E-state index contributed by atoms with van der Waals surface area (Å²) in [6, 6.07) is 27.9. The largest absolute Gasteiger partial charge is 0.512 e.